The minimum Gasteiger partial charge on any atom is -0.493 e. The molecule has 6 heteroatoms. The Morgan fingerprint density at radius 1 is 1.14 bits per heavy atom. The van der Waals surface area contributed by atoms with Crippen molar-refractivity contribution >= 4 is 23.2 Å². The van der Waals surface area contributed by atoms with E-state index in [0.717, 1.165) is 12.1 Å². The molecule has 1 unspecified atom stereocenters. The van der Waals surface area contributed by atoms with Crippen LogP contribution in [0.3, 0.4) is 0 Å². The summed E-state index contributed by atoms with van der Waals surface area (Å²) in [6, 6.07) is 13.2. The molecule has 2 amide bonds. The molecule has 2 aromatic rings. The first-order chi connectivity index (χ1) is 13.5. The minimum absolute atomic E-state index is 0.0336. The summed E-state index contributed by atoms with van der Waals surface area (Å²) >= 11 is 0. The van der Waals surface area contributed by atoms with E-state index in [1.54, 1.807) is 30.2 Å². The maximum absolute atomic E-state index is 12.7. The van der Waals surface area contributed by atoms with Crippen molar-refractivity contribution in [3.63, 3.8) is 0 Å². The number of carbonyl (C=O) groups excluding carboxylic acids is 2. The number of benzene rings is 2. The summed E-state index contributed by atoms with van der Waals surface area (Å²) in [5.74, 6) is 0.581. The number of aryl methyl sites for hydroxylation is 1. The number of carbonyl (C=O) groups is 2. The van der Waals surface area contributed by atoms with Gasteiger partial charge in [-0.3, -0.25) is 9.59 Å². The molecule has 148 valence electrons. The van der Waals surface area contributed by atoms with Gasteiger partial charge in [0.1, 0.15) is 0 Å². The molecule has 0 radical (unpaired) electrons. The van der Waals surface area contributed by atoms with E-state index in [1.807, 2.05) is 31.2 Å². The number of hydrogen-bond acceptors (Lipinski definition) is 4. The molecule has 28 heavy (non-hydrogen) atoms. The predicted molar refractivity (Wildman–Crippen MR) is 109 cm³/mol. The van der Waals surface area contributed by atoms with Crippen LogP contribution in [0.25, 0.3) is 0 Å². The van der Waals surface area contributed by atoms with Crippen molar-refractivity contribution in [1.29, 1.82) is 0 Å². The van der Waals surface area contributed by atoms with Crippen molar-refractivity contribution in [2.24, 2.45) is 5.92 Å². The zero-order valence-electron chi connectivity index (χ0n) is 16.5. The molecule has 2 aromatic carbocycles. The first kappa shape index (κ1) is 19.7. The highest BCUT2D eigenvalue weighted by molar-refractivity contribution is 6.03. The zero-order valence-corrected chi connectivity index (χ0v) is 16.5. The van der Waals surface area contributed by atoms with E-state index < -0.39 is 5.92 Å². The topological polar surface area (TPSA) is 67.9 Å². The van der Waals surface area contributed by atoms with Crippen LogP contribution in [-0.2, 0) is 16.0 Å². The maximum Gasteiger partial charge on any atom is 0.229 e. The van der Waals surface area contributed by atoms with Crippen molar-refractivity contribution in [1.82, 2.24) is 0 Å². The van der Waals surface area contributed by atoms with Gasteiger partial charge in [-0.05, 0) is 43.2 Å². The standard InChI is InChI=1S/C22H26N2O4/c1-4-15-6-9-18(10-7-15)24-14-16(12-21(24)25)22(26)23-17-8-11-19(28-5-2)20(13-17)27-3/h6-11,13,16H,4-5,12,14H2,1-3H3,(H,23,26). The van der Waals surface area contributed by atoms with Crippen molar-refractivity contribution < 1.29 is 19.1 Å². The second kappa shape index (κ2) is 8.78. The van der Waals surface area contributed by atoms with Gasteiger partial charge < -0.3 is 19.7 Å². The molecule has 1 N–H and O–H groups in total. The van der Waals surface area contributed by atoms with Crippen molar-refractivity contribution in [3.05, 3.63) is 48.0 Å². The molecule has 3 rings (SSSR count). The number of anilines is 2. The van der Waals surface area contributed by atoms with Crippen LogP contribution in [0, 0.1) is 5.92 Å². The van der Waals surface area contributed by atoms with Crippen molar-refractivity contribution in [3.8, 4) is 11.5 Å². The number of ether oxygens (including phenoxy) is 2. The third-order valence-corrected chi connectivity index (χ3v) is 4.88. The number of rotatable bonds is 7. The van der Waals surface area contributed by atoms with Gasteiger partial charge >= 0.3 is 0 Å². The van der Waals surface area contributed by atoms with Gasteiger partial charge in [0.15, 0.2) is 11.5 Å². The van der Waals surface area contributed by atoms with Crippen LogP contribution < -0.4 is 19.7 Å². The summed E-state index contributed by atoms with van der Waals surface area (Å²) in [4.78, 5) is 26.8. The van der Waals surface area contributed by atoms with Crippen LogP contribution in [0.4, 0.5) is 11.4 Å². The van der Waals surface area contributed by atoms with Crippen LogP contribution in [0.5, 0.6) is 11.5 Å². The molecule has 1 heterocycles. The summed E-state index contributed by atoms with van der Waals surface area (Å²) in [5, 5.41) is 2.89. The van der Waals surface area contributed by atoms with Crippen LogP contribution in [0.1, 0.15) is 25.8 Å². The Hall–Kier alpha value is -3.02. The molecule has 0 aliphatic carbocycles. The maximum atomic E-state index is 12.7. The Morgan fingerprint density at radius 3 is 2.54 bits per heavy atom. The van der Waals surface area contributed by atoms with Gasteiger partial charge in [0.25, 0.3) is 0 Å². The molecule has 0 bridgehead atoms. The van der Waals surface area contributed by atoms with Gasteiger partial charge in [0.2, 0.25) is 11.8 Å². The molecule has 0 spiro atoms. The van der Waals surface area contributed by atoms with Crippen LogP contribution in [0.15, 0.2) is 42.5 Å². The third-order valence-electron chi connectivity index (χ3n) is 4.88. The summed E-state index contributed by atoms with van der Waals surface area (Å²) in [6.07, 6.45) is 1.15. The van der Waals surface area contributed by atoms with Crippen LogP contribution in [0.2, 0.25) is 0 Å². The molecule has 1 aliphatic heterocycles. The Balaban J connectivity index is 1.67. The van der Waals surface area contributed by atoms with Gasteiger partial charge in [-0.25, -0.2) is 0 Å². The van der Waals surface area contributed by atoms with Crippen molar-refractivity contribution in [2.75, 3.05) is 30.5 Å². The van der Waals surface area contributed by atoms with Crippen LogP contribution in [-0.4, -0.2) is 32.1 Å². The summed E-state index contributed by atoms with van der Waals surface area (Å²) in [6.45, 7) is 4.89. The first-order valence-corrected chi connectivity index (χ1v) is 9.56. The zero-order chi connectivity index (χ0) is 20.1. The van der Waals surface area contributed by atoms with Gasteiger partial charge in [-0.15, -0.1) is 0 Å². The molecule has 1 atom stereocenters. The van der Waals surface area contributed by atoms with E-state index in [-0.39, 0.29) is 18.2 Å². The quantitative estimate of drug-likeness (QED) is 0.794. The fourth-order valence-electron chi connectivity index (χ4n) is 3.31. The lowest BCUT2D eigenvalue weighted by molar-refractivity contribution is -0.122. The van der Waals surface area contributed by atoms with Gasteiger partial charge in [0.05, 0.1) is 19.6 Å². The van der Waals surface area contributed by atoms with Gasteiger partial charge in [0, 0.05) is 30.4 Å². The van der Waals surface area contributed by atoms with E-state index in [1.165, 1.54) is 5.56 Å². The monoisotopic (exact) mass is 382 g/mol. The van der Waals surface area contributed by atoms with E-state index >= 15 is 0 Å². The number of nitrogens with one attached hydrogen (secondary N) is 1. The highest BCUT2D eigenvalue weighted by Gasteiger charge is 2.35. The second-order valence-corrected chi connectivity index (χ2v) is 6.71. The largest absolute Gasteiger partial charge is 0.493 e. The van der Waals surface area contributed by atoms with Gasteiger partial charge in [-0.2, -0.15) is 0 Å². The SMILES string of the molecule is CCOc1ccc(NC(=O)C2CC(=O)N(c3ccc(CC)cc3)C2)cc1OC. The second-order valence-electron chi connectivity index (χ2n) is 6.71. The van der Waals surface area contributed by atoms with E-state index in [9.17, 15) is 9.59 Å². The molecule has 6 nitrogen and oxygen atoms in total. The highest BCUT2D eigenvalue weighted by Crippen LogP contribution is 2.31. The number of methoxy groups -OCH3 is 1. The van der Waals surface area contributed by atoms with E-state index in [2.05, 4.69) is 12.2 Å². The molecular formula is C22H26N2O4. The van der Waals surface area contributed by atoms with Crippen LogP contribution >= 0.6 is 0 Å². The molecule has 1 fully saturated rings. The normalized spacial score (nSPS) is 16.2. The lowest BCUT2D eigenvalue weighted by Gasteiger charge is -2.17. The Labute approximate surface area is 165 Å². The molecule has 0 aromatic heterocycles. The molecular weight excluding hydrogens is 356 g/mol. The fourth-order valence-corrected chi connectivity index (χ4v) is 3.31. The minimum atomic E-state index is -0.393. The molecule has 1 saturated heterocycles. The Bertz CT molecular complexity index is 848. The first-order valence-electron chi connectivity index (χ1n) is 9.56. The third kappa shape index (κ3) is 4.27. The van der Waals surface area contributed by atoms with Crippen molar-refractivity contribution in [2.45, 2.75) is 26.7 Å². The van der Waals surface area contributed by atoms with Gasteiger partial charge in [-0.1, -0.05) is 19.1 Å². The Morgan fingerprint density at radius 2 is 1.89 bits per heavy atom. The molecule has 0 saturated carbocycles. The smallest absolute Gasteiger partial charge is 0.229 e. The Kier molecular flexibility index (Phi) is 6.19. The summed E-state index contributed by atoms with van der Waals surface area (Å²) < 4.78 is 10.8. The van der Waals surface area contributed by atoms with E-state index in [4.69, 9.17) is 9.47 Å². The van der Waals surface area contributed by atoms with E-state index in [0.29, 0.717) is 30.3 Å². The summed E-state index contributed by atoms with van der Waals surface area (Å²) in [5.41, 5.74) is 2.66. The number of hydrogen-bond donors (Lipinski definition) is 1. The number of nitrogens with zero attached hydrogens (tertiary/aromatic N) is 1. The number of amides is 2. The predicted octanol–water partition coefficient (Wildman–Crippen LogP) is 3.65. The fraction of sp³-hybridized carbons (Fsp3) is 0.364. The highest BCUT2D eigenvalue weighted by atomic mass is 16.5. The average Bonchev–Trinajstić information content (AvgIpc) is 3.11. The summed E-state index contributed by atoms with van der Waals surface area (Å²) in [7, 11) is 1.56. The average molecular weight is 382 g/mol. The lowest BCUT2D eigenvalue weighted by Crippen LogP contribution is -2.28. The molecule has 1 aliphatic rings. The lowest BCUT2D eigenvalue weighted by atomic mass is 10.1.